The van der Waals surface area contributed by atoms with Crippen LogP contribution in [0.5, 0.6) is 11.6 Å². The van der Waals surface area contributed by atoms with Gasteiger partial charge in [-0.3, -0.25) is 4.90 Å². The Morgan fingerprint density at radius 3 is 2.50 bits per heavy atom. The summed E-state index contributed by atoms with van der Waals surface area (Å²) in [4.78, 5) is 2.10. The minimum atomic E-state index is -0.678. The van der Waals surface area contributed by atoms with E-state index in [-0.39, 0.29) is 18.0 Å². The molecule has 1 N–H and O–H groups in total. The molecule has 1 atom stereocenters. The number of aliphatic hydroxyl groups is 1. The van der Waals surface area contributed by atoms with E-state index in [1.54, 1.807) is 23.9 Å². The lowest BCUT2D eigenvalue weighted by molar-refractivity contribution is -0.0577. The van der Waals surface area contributed by atoms with Crippen molar-refractivity contribution in [2.24, 2.45) is 0 Å². The molecule has 196 valence electrons. The number of methoxy groups -OCH3 is 1. The Bertz CT molecular complexity index is 1080. The van der Waals surface area contributed by atoms with E-state index in [1.165, 1.54) is 12.1 Å². The molecule has 3 aromatic rings. The zero-order chi connectivity index (χ0) is 26.1. The van der Waals surface area contributed by atoms with Crippen molar-refractivity contribution < 1.29 is 23.7 Å². The average Bonchev–Trinajstić information content (AvgIpc) is 3.18. The number of halogens is 1. The number of hydrogen-bond acceptors (Lipinski definition) is 6. The van der Waals surface area contributed by atoms with E-state index in [0.717, 1.165) is 16.9 Å². The summed E-state index contributed by atoms with van der Waals surface area (Å²) < 4.78 is 33.1. The molecule has 0 unspecified atom stereocenters. The van der Waals surface area contributed by atoms with Crippen molar-refractivity contribution in [1.29, 1.82) is 0 Å². The number of hydrogen-bond donors (Lipinski definition) is 1. The normalized spacial score (nSPS) is 12.8. The van der Waals surface area contributed by atoms with Gasteiger partial charge in [-0.2, -0.15) is 5.10 Å². The number of benzene rings is 2. The van der Waals surface area contributed by atoms with Crippen molar-refractivity contribution in [2.75, 3.05) is 33.4 Å². The van der Waals surface area contributed by atoms with Gasteiger partial charge >= 0.3 is 0 Å². The van der Waals surface area contributed by atoms with E-state index in [0.29, 0.717) is 44.3 Å². The van der Waals surface area contributed by atoms with Crippen molar-refractivity contribution >= 4 is 0 Å². The minimum Gasteiger partial charge on any atom is -0.438 e. The van der Waals surface area contributed by atoms with Gasteiger partial charge in [-0.15, -0.1) is 0 Å². The van der Waals surface area contributed by atoms with Gasteiger partial charge in [-0.05, 0) is 51.5 Å². The van der Waals surface area contributed by atoms with Crippen molar-refractivity contribution in [1.82, 2.24) is 14.7 Å². The number of aromatic nitrogens is 2. The Balaban J connectivity index is 1.96. The first-order valence-electron chi connectivity index (χ1n) is 12.3. The molecule has 0 amide bonds. The number of nitrogens with zero attached hydrogens (tertiary/aromatic N) is 3. The molecule has 0 aliphatic carbocycles. The number of rotatable bonds is 13. The van der Waals surface area contributed by atoms with Gasteiger partial charge in [0.25, 0.3) is 0 Å². The van der Waals surface area contributed by atoms with Crippen LogP contribution in [-0.4, -0.2) is 64.9 Å². The summed E-state index contributed by atoms with van der Waals surface area (Å²) in [6.45, 7) is 10.1. The Morgan fingerprint density at radius 1 is 1.11 bits per heavy atom. The highest BCUT2D eigenvalue weighted by molar-refractivity contribution is 5.43. The fourth-order valence-corrected chi connectivity index (χ4v) is 3.79. The molecular formula is C28H38FN3O4. The second-order valence-corrected chi connectivity index (χ2v) is 9.70. The van der Waals surface area contributed by atoms with Gasteiger partial charge in [-0.1, -0.05) is 31.2 Å². The third-order valence-electron chi connectivity index (χ3n) is 5.54. The number of para-hydroxylation sites is 1. The van der Waals surface area contributed by atoms with Gasteiger partial charge in [0.1, 0.15) is 11.6 Å². The molecule has 7 nitrogen and oxygen atoms in total. The van der Waals surface area contributed by atoms with Gasteiger partial charge in [-0.25, -0.2) is 9.07 Å². The summed E-state index contributed by atoms with van der Waals surface area (Å²) in [5.41, 5.74) is 2.25. The highest BCUT2D eigenvalue weighted by Crippen LogP contribution is 2.32. The van der Waals surface area contributed by atoms with E-state index >= 15 is 0 Å². The smallest absolute Gasteiger partial charge is 0.227 e. The standard InChI is InChI=1S/C28H38FN3O4/c1-6-26-25(19-31(15-16-34-5)18-23(33)20-35-28(2,3)4)27(36-24-14-10-11-21(29)17-24)32(30-26)22-12-8-7-9-13-22/h7-14,17,23,33H,6,15-16,18-20H2,1-5H3/t23-/m0/s1. The SMILES string of the molecule is CCc1nn(-c2ccccc2)c(Oc2cccc(F)c2)c1CN(CCOC)C[C@H](O)COC(C)(C)C. The molecule has 0 bridgehead atoms. The van der Waals surface area contributed by atoms with Crippen molar-refractivity contribution in [2.45, 2.75) is 52.4 Å². The molecule has 0 saturated heterocycles. The predicted octanol–water partition coefficient (Wildman–Crippen LogP) is 4.99. The summed E-state index contributed by atoms with van der Waals surface area (Å²) in [6, 6.07) is 15.8. The topological polar surface area (TPSA) is 69.0 Å². The molecule has 8 heteroatoms. The van der Waals surface area contributed by atoms with Crippen LogP contribution in [0.4, 0.5) is 4.39 Å². The van der Waals surface area contributed by atoms with Crippen molar-refractivity contribution in [3.05, 3.63) is 71.7 Å². The van der Waals surface area contributed by atoms with Crippen LogP contribution in [0.2, 0.25) is 0 Å². The molecular weight excluding hydrogens is 461 g/mol. The van der Waals surface area contributed by atoms with Crippen LogP contribution < -0.4 is 4.74 Å². The largest absolute Gasteiger partial charge is 0.438 e. The molecule has 0 aliphatic heterocycles. The Hall–Kier alpha value is -2.78. The second kappa shape index (κ2) is 13.0. The van der Waals surface area contributed by atoms with Gasteiger partial charge in [0, 0.05) is 32.8 Å². The Kier molecular flexibility index (Phi) is 10.0. The molecule has 36 heavy (non-hydrogen) atoms. The number of ether oxygens (including phenoxy) is 3. The molecule has 3 rings (SSSR count). The molecule has 1 heterocycles. The fourth-order valence-electron chi connectivity index (χ4n) is 3.79. The zero-order valence-corrected chi connectivity index (χ0v) is 21.9. The van der Waals surface area contributed by atoms with Gasteiger partial charge in [0.2, 0.25) is 5.88 Å². The van der Waals surface area contributed by atoms with Gasteiger partial charge in [0.15, 0.2) is 0 Å². The van der Waals surface area contributed by atoms with E-state index in [1.807, 2.05) is 58.0 Å². The molecule has 0 fully saturated rings. The summed E-state index contributed by atoms with van der Waals surface area (Å²) >= 11 is 0. The van der Waals surface area contributed by atoms with E-state index < -0.39 is 6.10 Å². The van der Waals surface area contributed by atoms with Crippen LogP contribution in [0.1, 0.15) is 39.0 Å². The maximum atomic E-state index is 14.0. The Morgan fingerprint density at radius 2 is 1.86 bits per heavy atom. The lowest BCUT2D eigenvalue weighted by atomic mass is 10.1. The van der Waals surface area contributed by atoms with E-state index in [9.17, 15) is 9.50 Å². The highest BCUT2D eigenvalue weighted by Gasteiger charge is 2.24. The lowest BCUT2D eigenvalue weighted by Gasteiger charge is -2.27. The first kappa shape index (κ1) is 27.8. The van der Waals surface area contributed by atoms with Crippen LogP contribution in [0.3, 0.4) is 0 Å². The lowest BCUT2D eigenvalue weighted by Crippen LogP contribution is -2.38. The van der Waals surface area contributed by atoms with Gasteiger partial charge < -0.3 is 19.3 Å². The summed E-state index contributed by atoms with van der Waals surface area (Å²) in [7, 11) is 1.65. The zero-order valence-electron chi connectivity index (χ0n) is 21.9. The maximum absolute atomic E-state index is 14.0. The monoisotopic (exact) mass is 499 g/mol. The molecule has 1 aromatic heterocycles. The summed E-state index contributed by atoms with van der Waals surface area (Å²) in [5, 5.41) is 15.6. The quantitative estimate of drug-likeness (QED) is 0.357. The van der Waals surface area contributed by atoms with Crippen LogP contribution in [0, 0.1) is 5.82 Å². The fraction of sp³-hybridized carbons (Fsp3) is 0.464. The molecule has 0 spiro atoms. The molecule has 2 aromatic carbocycles. The van der Waals surface area contributed by atoms with Crippen LogP contribution in [-0.2, 0) is 22.4 Å². The Labute approximate surface area is 213 Å². The summed E-state index contributed by atoms with van der Waals surface area (Å²) in [5.74, 6) is 0.531. The van der Waals surface area contributed by atoms with E-state index in [4.69, 9.17) is 19.3 Å². The number of aryl methyl sites for hydroxylation is 1. The van der Waals surface area contributed by atoms with Crippen LogP contribution in [0.15, 0.2) is 54.6 Å². The highest BCUT2D eigenvalue weighted by atomic mass is 19.1. The number of aliphatic hydroxyl groups excluding tert-OH is 1. The first-order valence-corrected chi connectivity index (χ1v) is 12.3. The maximum Gasteiger partial charge on any atom is 0.227 e. The molecule has 0 radical (unpaired) electrons. The molecule has 0 aliphatic rings. The van der Waals surface area contributed by atoms with Crippen molar-refractivity contribution in [3.8, 4) is 17.3 Å². The summed E-state index contributed by atoms with van der Waals surface area (Å²) in [6.07, 6.45) is 0.00516. The average molecular weight is 500 g/mol. The van der Waals surface area contributed by atoms with Crippen LogP contribution in [0.25, 0.3) is 5.69 Å². The first-order chi connectivity index (χ1) is 17.2. The predicted molar refractivity (Wildman–Crippen MR) is 138 cm³/mol. The third kappa shape index (κ3) is 8.13. The van der Waals surface area contributed by atoms with Gasteiger partial charge in [0.05, 0.1) is 41.9 Å². The van der Waals surface area contributed by atoms with Crippen LogP contribution >= 0.6 is 0 Å². The van der Waals surface area contributed by atoms with E-state index in [2.05, 4.69) is 4.90 Å². The second-order valence-electron chi connectivity index (χ2n) is 9.70. The minimum absolute atomic E-state index is 0.226. The third-order valence-corrected chi connectivity index (χ3v) is 5.54. The van der Waals surface area contributed by atoms with Crippen molar-refractivity contribution in [3.63, 3.8) is 0 Å². The molecule has 0 saturated carbocycles.